The summed E-state index contributed by atoms with van der Waals surface area (Å²) in [5.74, 6) is 0. The van der Waals surface area contributed by atoms with Crippen molar-refractivity contribution in [3.05, 3.63) is 140 Å². The molecule has 1 aliphatic heterocycles. The molecule has 0 radical (unpaired) electrons. The molecule has 176 valence electrons. The summed E-state index contributed by atoms with van der Waals surface area (Å²) in [6.45, 7) is 0. The minimum atomic E-state index is -2.80. The SMILES string of the molecule is c1ccc([Si]2(c3ccccc3)c3cccc(n3)-c3cccc[c]3[Po][c]3ccccc3-n3ccc2n3)cc1. The van der Waals surface area contributed by atoms with Crippen LogP contribution in [-0.2, 0) is 0 Å². The van der Waals surface area contributed by atoms with E-state index in [1.807, 2.05) is 0 Å². The molecule has 1 aliphatic rings. The predicted molar refractivity (Wildman–Crippen MR) is 155 cm³/mol. The molecule has 0 saturated carbocycles. The van der Waals surface area contributed by atoms with E-state index in [9.17, 15) is 0 Å². The van der Waals surface area contributed by atoms with Crippen molar-refractivity contribution in [2.24, 2.45) is 0 Å². The Morgan fingerprint density at radius 1 is 0.541 bits per heavy atom. The van der Waals surface area contributed by atoms with E-state index in [1.165, 1.54) is 28.1 Å². The molecule has 0 amide bonds. The van der Waals surface area contributed by atoms with Crippen molar-refractivity contribution in [2.75, 3.05) is 0 Å². The van der Waals surface area contributed by atoms with Crippen LogP contribution in [-0.4, -0.2) is 46.4 Å². The van der Waals surface area contributed by atoms with Crippen molar-refractivity contribution in [1.29, 1.82) is 0 Å². The molecule has 7 rings (SSSR count). The zero-order valence-corrected chi connectivity index (χ0v) is 24.2. The fourth-order valence-electron chi connectivity index (χ4n) is 5.34. The molecular formula is C32H23N3PoSi. The summed E-state index contributed by atoms with van der Waals surface area (Å²) in [7, 11) is -2.80. The molecule has 5 heteroatoms. The summed E-state index contributed by atoms with van der Waals surface area (Å²) in [6.07, 6.45) is 2.15. The Labute approximate surface area is 229 Å². The first kappa shape index (κ1) is 22.5. The van der Waals surface area contributed by atoms with Gasteiger partial charge in [0.1, 0.15) is 0 Å². The number of para-hydroxylation sites is 1. The molecular weight excluding hydrogens is 663 g/mol. The average molecular weight is 687 g/mol. The van der Waals surface area contributed by atoms with Crippen molar-refractivity contribution in [1.82, 2.24) is 14.8 Å². The summed E-state index contributed by atoms with van der Waals surface area (Å²) in [5, 5.41) is 10.1. The molecule has 0 fully saturated rings. The maximum atomic E-state index is 5.48. The Morgan fingerprint density at radius 3 is 1.95 bits per heavy atom. The topological polar surface area (TPSA) is 30.7 Å². The molecule has 0 atom stereocenters. The molecule has 0 aliphatic carbocycles. The number of fused-ring (bicyclic) bond motifs is 8. The summed E-state index contributed by atoms with van der Waals surface area (Å²) in [4.78, 5) is 5.48. The fourth-order valence-corrected chi connectivity index (χ4v) is 13.9. The first-order valence-corrected chi connectivity index (χ1v) is 17.5. The molecule has 37 heavy (non-hydrogen) atoms. The van der Waals surface area contributed by atoms with Gasteiger partial charge in [0, 0.05) is 0 Å². The van der Waals surface area contributed by atoms with Gasteiger partial charge < -0.3 is 0 Å². The van der Waals surface area contributed by atoms with Crippen LogP contribution in [0.25, 0.3) is 16.9 Å². The summed E-state index contributed by atoms with van der Waals surface area (Å²) >= 11 is -1.09. The maximum absolute atomic E-state index is 5.48. The van der Waals surface area contributed by atoms with Gasteiger partial charge in [0.25, 0.3) is 0 Å². The Kier molecular flexibility index (Phi) is 5.69. The van der Waals surface area contributed by atoms with E-state index in [-0.39, 0.29) is 0 Å². The van der Waals surface area contributed by atoms with Gasteiger partial charge in [0.15, 0.2) is 0 Å². The van der Waals surface area contributed by atoms with Gasteiger partial charge in [-0.2, -0.15) is 0 Å². The second kappa shape index (κ2) is 9.34. The molecule has 4 aromatic carbocycles. The van der Waals surface area contributed by atoms with E-state index in [0.29, 0.717) is 0 Å². The predicted octanol–water partition coefficient (Wildman–Crippen LogP) is 2.28. The van der Waals surface area contributed by atoms with Gasteiger partial charge in [-0.3, -0.25) is 0 Å². The molecule has 2 aromatic heterocycles. The number of hydrogen-bond donors (Lipinski definition) is 0. The summed E-state index contributed by atoms with van der Waals surface area (Å²) in [5.41, 5.74) is 3.50. The van der Waals surface area contributed by atoms with Crippen LogP contribution in [0.15, 0.2) is 140 Å². The Hall–Kier alpha value is -3.65. The number of pyridine rings is 1. The number of hydrogen-bond acceptors (Lipinski definition) is 2. The molecule has 3 heterocycles. The van der Waals surface area contributed by atoms with Crippen molar-refractivity contribution < 1.29 is 0 Å². The third-order valence-corrected chi connectivity index (χ3v) is 15.9. The fraction of sp³-hybridized carbons (Fsp3) is 0. The second-order valence-corrected chi connectivity index (χ2v) is 17.0. The van der Waals surface area contributed by atoms with Gasteiger partial charge in [-0.05, 0) is 0 Å². The van der Waals surface area contributed by atoms with Gasteiger partial charge in [-0.1, -0.05) is 0 Å². The molecule has 0 N–H and O–H groups in total. The third kappa shape index (κ3) is 3.73. The van der Waals surface area contributed by atoms with Crippen LogP contribution in [0.4, 0.5) is 0 Å². The molecule has 6 aromatic rings. The number of benzene rings is 4. The first-order valence-electron chi connectivity index (χ1n) is 12.4. The molecule has 0 spiro atoms. The zero-order valence-electron chi connectivity index (χ0n) is 20.0. The van der Waals surface area contributed by atoms with Crippen LogP contribution in [0.3, 0.4) is 0 Å². The van der Waals surface area contributed by atoms with E-state index in [2.05, 4.69) is 144 Å². The normalized spacial score (nSPS) is 13.5. The van der Waals surface area contributed by atoms with Crippen molar-refractivity contribution in [2.45, 2.75) is 0 Å². The van der Waals surface area contributed by atoms with Crippen molar-refractivity contribution in [3.8, 4) is 16.9 Å². The van der Waals surface area contributed by atoms with Gasteiger partial charge in [0.05, 0.1) is 0 Å². The van der Waals surface area contributed by atoms with Gasteiger partial charge in [-0.25, -0.2) is 0 Å². The van der Waals surface area contributed by atoms with Crippen molar-refractivity contribution >= 4 is 59.1 Å². The monoisotopic (exact) mass is 686 g/mol. The van der Waals surface area contributed by atoms with Crippen LogP contribution >= 0.6 is 0 Å². The summed E-state index contributed by atoms with van der Waals surface area (Å²) < 4.78 is 4.94. The van der Waals surface area contributed by atoms with Crippen LogP contribution in [0.5, 0.6) is 0 Å². The van der Waals surface area contributed by atoms with Crippen LogP contribution in [0.1, 0.15) is 0 Å². The zero-order chi connectivity index (χ0) is 24.7. The van der Waals surface area contributed by atoms with E-state index in [0.717, 1.165) is 16.3 Å². The number of nitrogens with zero attached hydrogens (tertiary/aromatic N) is 3. The first-order chi connectivity index (χ1) is 18.3. The standard InChI is InChI=1S/C32H23N3Si.Po/c1-5-14-26(15-6-1)30-22-13-23-31(33-30)36(28-18-9-3-10-19-28,29-20-11-4-12-21-29)32-24-25-35(34-32)27-16-7-2-8-17-27;/h1-14,16,18-25H;. The number of rotatable bonds is 2. The van der Waals surface area contributed by atoms with E-state index in [4.69, 9.17) is 10.1 Å². The second-order valence-electron chi connectivity index (χ2n) is 9.10. The van der Waals surface area contributed by atoms with Crippen LogP contribution in [0, 0.1) is 0 Å². The van der Waals surface area contributed by atoms with Crippen LogP contribution < -0.4 is 27.5 Å². The Bertz CT molecular complexity index is 1670. The molecule has 0 unspecified atom stereocenters. The van der Waals surface area contributed by atoms with Crippen molar-refractivity contribution in [3.63, 3.8) is 0 Å². The average Bonchev–Trinajstić information content (AvgIpc) is 3.45. The number of aromatic nitrogens is 3. The minimum absolute atomic E-state index is 1.05. The van der Waals surface area contributed by atoms with Crippen LogP contribution in [0.2, 0.25) is 0 Å². The quantitative estimate of drug-likeness (QED) is 0.262. The Morgan fingerprint density at radius 2 is 1.19 bits per heavy atom. The Balaban J connectivity index is 1.64. The molecule has 0 saturated heterocycles. The van der Waals surface area contributed by atoms with Gasteiger partial charge in [-0.15, -0.1) is 0 Å². The van der Waals surface area contributed by atoms with E-state index < -0.39 is 31.6 Å². The van der Waals surface area contributed by atoms with Gasteiger partial charge >= 0.3 is 230 Å². The van der Waals surface area contributed by atoms with E-state index in [1.54, 1.807) is 0 Å². The summed E-state index contributed by atoms with van der Waals surface area (Å²) in [6, 6.07) is 48.2. The van der Waals surface area contributed by atoms with E-state index >= 15 is 0 Å². The molecule has 4 bridgehead atoms. The third-order valence-electron chi connectivity index (χ3n) is 7.02. The molecule has 3 nitrogen and oxygen atoms in total. The van der Waals surface area contributed by atoms with Gasteiger partial charge in [0.2, 0.25) is 0 Å².